The Hall–Kier alpha value is -3.33. The number of amides is 4. The fourth-order valence-corrected chi connectivity index (χ4v) is 9.47. The molecule has 1 saturated heterocycles. The quantitative estimate of drug-likeness (QED) is 0.287. The lowest BCUT2D eigenvalue weighted by molar-refractivity contribution is -0.136. The summed E-state index contributed by atoms with van der Waals surface area (Å²) in [5.41, 5.74) is 2.84. The minimum absolute atomic E-state index is 0.113. The van der Waals surface area contributed by atoms with Gasteiger partial charge in [-0.1, -0.05) is 52.3 Å². The number of hydrogen-bond donors (Lipinski definition) is 3. The van der Waals surface area contributed by atoms with Crippen LogP contribution in [0.15, 0.2) is 59.2 Å². The molecule has 8 rings (SSSR count). The molecule has 0 spiro atoms. The number of H-pyrrole nitrogens is 1. The Balaban J connectivity index is 1.08. The number of carbonyl (C=O) groups excluding carboxylic acids is 3. The number of benzene rings is 2. The Labute approximate surface area is 267 Å². The maximum atomic E-state index is 14.0. The summed E-state index contributed by atoms with van der Waals surface area (Å²) < 4.78 is 0.934. The topological polar surface area (TPSA) is 97.5 Å². The summed E-state index contributed by atoms with van der Waals surface area (Å²) in [6.45, 7) is 0.961. The zero-order valence-electron chi connectivity index (χ0n) is 25.4. The molecular weight excluding hydrogens is 618 g/mol. The molecule has 2 heterocycles. The Morgan fingerprint density at radius 3 is 2.41 bits per heavy atom. The van der Waals surface area contributed by atoms with Crippen LogP contribution in [0.4, 0.5) is 4.79 Å². The summed E-state index contributed by atoms with van der Waals surface area (Å²) in [7, 11) is 1.77. The van der Waals surface area contributed by atoms with Gasteiger partial charge in [0.2, 0.25) is 11.8 Å². The van der Waals surface area contributed by atoms with Crippen molar-refractivity contribution in [1.82, 2.24) is 25.4 Å². The van der Waals surface area contributed by atoms with Gasteiger partial charge in [0.15, 0.2) is 0 Å². The van der Waals surface area contributed by atoms with Gasteiger partial charge in [-0.05, 0) is 92.4 Å². The standard InChI is InChI=1S/C35H42BrN5O3/c1-40(21-25-7-2-4-9-28(25)36)33(43)30(16-26-20-37-29-10-5-3-8-27(26)29)38-32(42)31-11-6-12-41(31)34(44)39-35-17-22-13-23(18-35)15-24(14-22)19-35/h2-5,7-10,20,22-24,30-31,37H,6,11-19,21H2,1H3,(H,38,42)(H,39,44). The van der Waals surface area contributed by atoms with Crippen LogP contribution < -0.4 is 10.6 Å². The van der Waals surface area contributed by atoms with E-state index in [0.717, 1.165) is 69.9 Å². The average Bonchev–Trinajstić information content (AvgIpc) is 3.65. The molecule has 5 fully saturated rings. The molecule has 4 aliphatic carbocycles. The Kier molecular flexibility index (Phi) is 7.93. The van der Waals surface area contributed by atoms with Crippen LogP contribution in [0.3, 0.4) is 0 Å². The van der Waals surface area contributed by atoms with E-state index >= 15 is 0 Å². The van der Waals surface area contributed by atoms with Crippen molar-refractivity contribution in [2.45, 2.75) is 82.0 Å². The fourth-order valence-electron chi connectivity index (χ4n) is 9.06. The molecule has 8 nitrogen and oxygen atoms in total. The van der Waals surface area contributed by atoms with E-state index in [1.54, 1.807) is 16.8 Å². The molecule has 4 amide bonds. The number of likely N-dealkylation sites (N-methyl/N-ethyl adjacent to an activating group) is 1. The zero-order valence-corrected chi connectivity index (χ0v) is 26.9. The van der Waals surface area contributed by atoms with Crippen LogP contribution >= 0.6 is 15.9 Å². The second-order valence-electron chi connectivity index (χ2n) is 13.9. The van der Waals surface area contributed by atoms with Gasteiger partial charge in [0.05, 0.1) is 0 Å². The van der Waals surface area contributed by atoms with E-state index in [2.05, 4.69) is 31.5 Å². The predicted octanol–water partition coefficient (Wildman–Crippen LogP) is 5.76. The van der Waals surface area contributed by atoms with Crippen molar-refractivity contribution < 1.29 is 14.4 Å². The highest BCUT2D eigenvalue weighted by molar-refractivity contribution is 9.10. The third-order valence-electron chi connectivity index (χ3n) is 10.7. The van der Waals surface area contributed by atoms with Gasteiger partial charge in [-0.2, -0.15) is 0 Å². The number of nitrogens with one attached hydrogen (secondary N) is 3. The van der Waals surface area contributed by atoms with Gasteiger partial charge in [-0.3, -0.25) is 9.59 Å². The van der Waals surface area contributed by atoms with E-state index in [1.165, 1.54) is 19.3 Å². The Morgan fingerprint density at radius 2 is 1.68 bits per heavy atom. The molecule has 3 N–H and O–H groups in total. The molecule has 4 saturated carbocycles. The number of hydrogen-bond acceptors (Lipinski definition) is 3. The molecule has 1 aliphatic heterocycles. The van der Waals surface area contributed by atoms with Crippen LogP contribution in [-0.2, 0) is 22.6 Å². The number of nitrogens with zero attached hydrogens (tertiary/aromatic N) is 2. The van der Waals surface area contributed by atoms with Crippen molar-refractivity contribution in [2.75, 3.05) is 13.6 Å². The van der Waals surface area contributed by atoms with Crippen LogP contribution in [0.2, 0.25) is 0 Å². The summed E-state index contributed by atoms with van der Waals surface area (Å²) in [6, 6.07) is 14.4. The van der Waals surface area contributed by atoms with Gasteiger partial charge in [0, 0.05) is 53.7 Å². The molecule has 9 heteroatoms. The van der Waals surface area contributed by atoms with Gasteiger partial charge >= 0.3 is 6.03 Å². The fraction of sp³-hybridized carbons (Fsp3) is 0.514. The lowest BCUT2D eigenvalue weighted by atomic mass is 9.53. The summed E-state index contributed by atoms with van der Waals surface area (Å²) >= 11 is 3.59. The number of fused-ring (bicyclic) bond motifs is 1. The number of aromatic amines is 1. The minimum atomic E-state index is -0.775. The van der Waals surface area contributed by atoms with E-state index in [-0.39, 0.29) is 23.4 Å². The summed E-state index contributed by atoms with van der Waals surface area (Å²) in [5.74, 6) is 1.76. The molecule has 232 valence electrons. The molecule has 0 radical (unpaired) electrons. The number of aromatic nitrogens is 1. The summed E-state index contributed by atoms with van der Waals surface area (Å²) in [6.07, 6.45) is 10.8. The molecule has 2 aromatic carbocycles. The van der Waals surface area contributed by atoms with E-state index in [0.29, 0.717) is 25.9 Å². The predicted molar refractivity (Wildman–Crippen MR) is 174 cm³/mol. The second-order valence-corrected chi connectivity index (χ2v) is 14.7. The van der Waals surface area contributed by atoms with Crippen molar-refractivity contribution in [3.8, 4) is 0 Å². The van der Waals surface area contributed by atoms with Crippen LogP contribution in [-0.4, -0.2) is 63.8 Å². The average molecular weight is 661 g/mol. The number of halogens is 1. The Bertz CT molecular complexity index is 1530. The highest BCUT2D eigenvalue weighted by Gasteiger charge is 2.52. The first-order valence-electron chi connectivity index (χ1n) is 16.2. The van der Waals surface area contributed by atoms with Gasteiger partial charge in [-0.15, -0.1) is 0 Å². The highest BCUT2D eigenvalue weighted by atomic mass is 79.9. The molecule has 3 aromatic rings. The first-order chi connectivity index (χ1) is 21.3. The normalized spacial score (nSPS) is 27.8. The van der Waals surface area contributed by atoms with E-state index in [1.807, 2.05) is 54.7 Å². The van der Waals surface area contributed by atoms with Gasteiger partial charge < -0.3 is 25.4 Å². The second kappa shape index (κ2) is 11.9. The number of urea groups is 1. The number of likely N-dealkylation sites (tertiary alicyclic amines) is 1. The lowest BCUT2D eigenvalue weighted by Gasteiger charge is -2.57. The van der Waals surface area contributed by atoms with Crippen LogP contribution in [0.5, 0.6) is 0 Å². The third-order valence-corrected chi connectivity index (χ3v) is 11.5. The largest absolute Gasteiger partial charge is 0.361 e. The van der Waals surface area contributed by atoms with Crippen LogP contribution in [0.25, 0.3) is 10.9 Å². The van der Waals surface area contributed by atoms with E-state index < -0.39 is 12.1 Å². The Morgan fingerprint density at radius 1 is 1.00 bits per heavy atom. The zero-order chi connectivity index (χ0) is 30.4. The molecule has 5 aliphatic rings. The van der Waals surface area contributed by atoms with Crippen molar-refractivity contribution in [2.24, 2.45) is 17.8 Å². The van der Waals surface area contributed by atoms with E-state index in [4.69, 9.17) is 0 Å². The lowest BCUT2D eigenvalue weighted by Crippen LogP contribution is -2.63. The molecule has 2 atom stereocenters. The van der Waals surface area contributed by atoms with Crippen LogP contribution in [0, 0.1) is 17.8 Å². The van der Waals surface area contributed by atoms with Gasteiger partial charge in [0.25, 0.3) is 0 Å². The number of para-hydroxylation sites is 1. The molecule has 44 heavy (non-hydrogen) atoms. The van der Waals surface area contributed by atoms with Crippen molar-refractivity contribution in [3.05, 3.63) is 70.3 Å². The summed E-state index contributed by atoms with van der Waals surface area (Å²) in [5, 5.41) is 7.60. The maximum Gasteiger partial charge on any atom is 0.318 e. The first kappa shape index (κ1) is 29.4. The molecular formula is C35H42BrN5O3. The number of rotatable bonds is 8. The maximum absolute atomic E-state index is 14.0. The van der Waals surface area contributed by atoms with E-state index in [9.17, 15) is 14.4 Å². The first-order valence-corrected chi connectivity index (χ1v) is 17.0. The molecule has 4 bridgehead atoms. The third kappa shape index (κ3) is 5.75. The van der Waals surface area contributed by atoms with Gasteiger partial charge in [0.1, 0.15) is 12.1 Å². The number of carbonyl (C=O) groups is 3. The molecule has 1 aromatic heterocycles. The smallest absolute Gasteiger partial charge is 0.318 e. The van der Waals surface area contributed by atoms with Crippen molar-refractivity contribution >= 4 is 44.7 Å². The summed E-state index contributed by atoms with van der Waals surface area (Å²) in [4.78, 5) is 48.4. The van der Waals surface area contributed by atoms with Crippen molar-refractivity contribution in [1.29, 1.82) is 0 Å². The monoisotopic (exact) mass is 659 g/mol. The van der Waals surface area contributed by atoms with Gasteiger partial charge in [-0.25, -0.2) is 4.79 Å². The van der Waals surface area contributed by atoms with Crippen molar-refractivity contribution in [3.63, 3.8) is 0 Å². The highest BCUT2D eigenvalue weighted by Crippen LogP contribution is 2.55. The minimum Gasteiger partial charge on any atom is -0.361 e. The SMILES string of the molecule is CN(Cc1ccccc1Br)C(=O)C(Cc1c[nH]c2ccccc12)NC(=O)C1CCCN1C(=O)NC12CC3CC(CC(C3)C1)C2. The van der Waals surface area contributed by atoms with Crippen LogP contribution in [0.1, 0.15) is 62.5 Å². The molecule has 2 unspecified atom stereocenters.